The second-order valence-electron chi connectivity index (χ2n) is 3.92. The molecule has 0 spiro atoms. The van der Waals surface area contributed by atoms with Crippen molar-refractivity contribution in [2.75, 3.05) is 25.6 Å². The van der Waals surface area contributed by atoms with Crippen molar-refractivity contribution in [3.05, 3.63) is 12.4 Å². The van der Waals surface area contributed by atoms with Gasteiger partial charge in [-0.05, 0) is 6.42 Å². The Morgan fingerprint density at radius 2 is 2.25 bits per heavy atom. The molecule has 1 aromatic rings. The quantitative estimate of drug-likeness (QED) is 0.656. The fourth-order valence-corrected chi connectivity index (χ4v) is 1.60. The molecular weight excluding hydrogens is 202 g/mol. The van der Waals surface area contributed by atoms with Crippen LogP contribution in [0, 0.1) is 0 Å². The van der Waals surface area contributed by atoms with Crippen molar-refractivity contribution in [3.8, 4) is 0 Å². The van der Waals surface area contributed by atoms with Gasteiger partial charge in [0.15, 0.2) is 0 Å². The van der Waals surface area contributed by atoms with Gasteiger partial charge in [0.1, 0.15) is 0 Å². The van der Waals surface area contributed by atoms with Gasteiger partial charge in [-0.15, -0.1) is 0 Å². The third kappa shape index (κ3) is 4.66. The Bertz CT molecular complexity index is 273. The van der Waals surface area contributed by atoms with Gasteiger partial charge in [0.2, 0.25) is 5.95 Å². The third-order valence-electron chi connectivity index (χ3n) is 2.57. The highest BCUT2D eigenvalue weighted by Gasteiger charge is 2.00. The highest BCUT2D eigenvalue weighted by Crippen LogP contribution is 2.05. The normalized spacial score (nSPS) is 10.6. The van der Waals surface area contributed by atoms with Crippen LogP contribution in [0.15, 0.2) is 12.4 Å². The molecule has 0 saturated carbocycles. The number of hydrogen-bond donors (Lipinski definition) is 1. The summed E-state index contributed by atoms with van der Waals surface area (Å²) in [5.74, 6) is 0.952. The number of nitrogens with zero attached hydrogens (tertiary/aromatic N) is 2. The van der Waals surface area contributed by atoms with Crippen molar-refractivity contribution in [2.24, 2.45) is 0 Å². The monoisotopic (exact) mass is 225 g/mol. The van der Waals surface area contributed by atoms with Crippen LogP contribution in [-0.2, 0) is 11.3 Å². The summed E-state index contributed by atoms with van der Waals surface area (Å²) in [5.41, 5.74) is 0. The minimum Gasteiger partial charge on any atom is -0.383 e. The summed E-state index contributed by atoms with van der Waals surface area (Å²) >= 11 is 0. The van der Waals surface area contributed by atoms with Crippen LogP contribution in [0.25, 0.3) is 0 Å². The number of aromatic nitrogens is 2. The smallest absolute Gasteiger partial charge is 0.202 e. The van der Waals surface area contributed by atoms with E-state index in [0.717, 1.165) is 25.6 Å². The molecule has 1 heterocycles. The predicted octanol–water partition coefficient (Wildman–Crippen LogP) is 2.52. The maximum Gasteiger partial charge on any atom is 0.202 e. The second kappa shape index (κ2) is 8.16. The van der Waals surface area contributed by atoms with Crippen LogP contribution in [0.5, 0.6) is 0 Å². The van der Waals surface area contributed by atoms with Crippen LogP contribution in [0.3, 0.4) is 0 Å². The summed E-state index contributed by atoms with van der Waals surface area (Å²) in [6.07, 6.45) is 8.91. The Labute approximate surface area is 98.0 Å². The second-order valence-corrected chi connectivity index (χ2v) is 3.92. The lowest BCUT2D eigenvalue weighted by molar-refractivity contribution is 0.187. The topological polar surface area (TPSA) is 39.1 Å². The van der Waals surface area contributed by atoms with E-state index < -0.39 is 0 Å². The van der Waals surface area contributed by atoms with Gasteiger partial charge < -0.3 is 14.6 Å². The molecule has 0 bridgehead atoms. The molecule has 0 aromatic carbocycles. The zero-order chi connectivity index (χ0) is 11.6. The summed E-state index contributed by atoms with van der Waals surface area (Å²) in [4.78, 5) is 4.28. The summed E-state index contributed by atoms with van der Waals surface area (Å²) in [5, 5.41) is 3.36. The van der Waals surface area contributed by atoms with E-state index in [-0.39, 0.29) is 0 Å². The first-order valence-corrected chi connectivity index (χ1v) is 6.12. The zero-order valence-electron chi connectivity index (χ0n) is 10.4. The fourth-order valence-electron chi connectivity index (χ4n) is 1.60. The van der Waals surface area contributed by atoms with Gasteiger partial charge in [-0.2, -0.15) is 0 Å². The van der Waals surface area contributed by atoms with Crippen LogP contribution in [0.2, 0.25) is 0 Å². The Morgan fingerprint density at radius 3 is 3.00 bits per heavy atom. The van der Waals surface area contributed by atoms with E-state index in [4.69, 9.17) is 4.74 Å². The van der Waals surface area contributed by atoms with Crippen LogP contribution < -0.4 is 5.32 Å². The van der Waals surface area contributed by atoms with E-state index >= 15 is 0 Å². The lowest BCUT2D eigenvalue weighted by Crippen LogP contribution is -2.11. The van der Waals surface area contributed by atoms with Gasteiger partial charge >= 0.3 is 0 Å². The standard InChI is InChI=1S/C12H23N3O/c1-3-4-5-6-7-13-12-14-8-9-15(12)10-11-16-2/h8-9H,3-7,10-11H2,1-2H3,(H,13,14). The van der Waals surface area contributed by atoms with Crippen LogP contribution in [0.4, 0.5) is 5.95 Å². The molecule has 0 atom stereocenters. The number of ether oxygens (including phenoxy) is 1. The number of imidazole rings is 1. The van der Waals surface area contributed by atoms with E-state index in [2.05, 4.69) is 21.8 Å². The number of anilines is 1. The molecule has 0 radical (unpaired) electrons. The molecule has 0 amide bonds. The summed E-state index contributed by atoms with van der Waals surface area (Å²) in [7, 11) is 1.72. The third-order valence-corrected chi connectivity index (χ3v) is 2.57. The first-order chi connectivity index (χ1) is 7.88. The van der Waals surface area contributed by atoms with Gasteiger partial charge in [0, 0.05) is 32.6 Å². The molecular formula is C12H23N3O. The number of rotatable bonds is 9. The minimum absolute atomic E-state index is 0.723. The number of nitrogens with one attached hydrogen (secondary N) is 1. The van der Waals surface area contributed by atoms with E-state index in [9.17, 15) is 0 Å². The largest absolute Gasteiger partial charge is 0.383 e. The molecule has 0 aliphatic carbocycles. The SMILES string of the molecule is CCCCCCNc1nccn1CCOC. The number of hydrogen-bond acceptors (Lipinski definition) is 3. The number of unbranched alkanes of at least 4 members (excludes halogenated alkanes) is 3. The van der Waals surface area contributed by atoms with E-state index in [0.29, 0.717) is 0 Å². The van der Waals surface area contributed by atoms with Gasteiger partial charge in [-0.1, -0.05) is 26.2 Å². The van der Waals surface area contributed by atoms with E-state index in [1.807, 2.05) is 12.4 Å². The fraction of sp³-hybridized carbons (Fsp3) is 0.750. The highest BCUT2D eigenvalue weighted by molar-refractivity contribution is 5.25. The molecule has 92 valence electrons. The average Bonchev–Trinajstić information content (AvgIpc) is 2.74. The summed E-state index contributed by atoms with van der Waals surface area (Å²) in [6.45, 7) is 4.81. The molecule has 0 unspecified atom stereocenters. The maximum atomic E-state index is 5.05. The van der Waals surface area contributed by atoms with Crippen molar-refractivity contribution in [2.45, 2.75) is 39.2 Å². The first kappa shape index (κ1) is 13.0. The summed E-state index contributed by atoms with van der Waals surface area (Å²) < 4.78 is 7.14. The first-order valence-electron chi connectivity index (χ1n) is 6.12. The number of methoxy groups -OCH3 is 1. The molecule has 4 heteroatoms. The van der Waals surface area contributed by atoms with E-state index in [1.165, 1.54) is 25.7 Å². The van der Waals surface area contributed by atoms with E-state index in [1.54, 1.807) is 7.11 Å². The van der Waals surface area contributed by atoms with Crippen LogP contribution >= 0.6 is 0 Å². The van der Waals surface area contributed by atoms with Gasteiger partial charge in [-0.25, -0.2) is 4.98 Å². The molecule has 1 aromatic heterocycles. The van der Waals surface area contributed by atoms with Gasteiger partial charge in [-0.3, -0.25) is 0 Å². The predicted molar refractivity (Wildman–Crippen MR) is 66.7 cm³/mol. The highest BCUT2D eigenvalue weighted by atomic mass is 16.5. The average molecular weight is 225 g/mol. The van der Waals surface area contributed by atoms with Crippen molar-refractivity contribution in [3.63, 3.8) is 0 Å². The Kier molecular flexibility index (Phi) is 6.65. The Balaban J connectivity index is 2.22. The molecule has 4 nitrogen and oxygen atoms in total. The van der Waals surface area contributed by atoms with Crippen molar-refractivity contribution < 1.29 is 4.74 Å². The minimum atomic E-state index is 0.723. The van der Waals surface area contributed by atoms with Crippen LogP contribution in [0.1, 0.15) is 32.6 Å². The Hall–Kier alpha value is -1.03. The van der Waals surface area contributed by atoms with Gasteiger partial charge in [0.05, 0.1) is 6.61 Å². The lowest BCUT2D eigenvalue weighted by atomic mass is 10.2. The molecule has 0 saturated heterocycles. The lowest BCUT2D eigenvalue weighted by Gasteiger charge is -2.09. The molecule has 1 rings (SSSR count). The molecule has 0 aliphatic rings. The van der Waals surface area contributed by atoms with Crippen molar-refractivity contribution in [1.82, 2.24) is 9.55 Å². The maximum absolute atomic E-state index is 5.05. The molecule has 1 N–H and O–H groups in total. The Morgan fingerprint density at radius 1 is 1.38 bits per heavy atom. The van der Waals surface area contributed by atoms with Crippen molar-refractivity contribution in [1.29, 1.82) is 0 Å². The molecule has 0 aliphatic heterocycles. The van der Waals surface area contributed by atoms with Crippen LogP contribution in [-0.4, -0.2) is 29.8 Å². The van der Waals surface area contributed by atoms with Crippen molar-refractivity contribution >= 4 is 5.95 Å². The molecule has 0 fully saturated rings. The molecule has 16 heavy (non-hydrogen) atoms. The zero-order valence-corrected chi connectivity index (χ0v) is 10.4. The summed E-state index contributed by atoms with van der Waals surface area (Å²) in [6, 6.07) is 0. The van der Waals surface area contributed by atoms with Gasteiger partial charge in [0.25, 0.3) is 0 Å².